The Bertz CT molecular complexity index is 404. The topological polar surface area (TPSA) is 32.8 Å². The van der Waals surface area contributed by atoms with Gasteiger partial charge in [0.2, 0.25) is 5.91 Å². The van der Waals surface area contributed by atoms with Crippen LogP contribution in [-0.4, -0.2) is 61.6 Å². The van der Waals surface area contributed by atoms with E-state index in [1.54, 1.807) is 6.08 Å². The summed E-state index contributed by atoms with van der Waals surface area (Å²) in [5.41, 5.74) is 0.0708. The highest BCUT2D eigenvalue weighted by atomic mass is 16.5. The van der Waals surface area contributed by atoms with Crippen molar-refractivity contribution in [3.63, 3.8) is 0 Å². The molecule has 1 heterocycles. The van der Waals surface area contributed by atoms with Gasteiger partial charge < -0.3 is 14.5 Å². The van der Waals surface area contributed by atoms with Crippen molar-refractivity contribution in [2.45, 2.75) is 45.8 Å². The highest BCUT2D eigenvalue weighted by Gasteiger charge is 2.61. The number of nitrogens with zero attached hydrogens (tertiary/aromatic N) is 2. The minimum Gasteiger partial charge on any atom is -0.377 e. The van der Waals surface area contributed by atoms with Crippen LogP contribution in [0.15, 0.2) is 12.2 Å². The van der Waals surface area contributed by atoms with Gasteiger partial charge in [-0.2, -0.15) is 0 Å². The van der Waals surface area contributed by atoms with E-state index in [-0.39, 0.29) is 11.3 Å². The van der Waals surface area contributed by atoms with Crippen molar-refractivity contribution in [3.05, 3.63) is 12.2 Å². The van der Waals surface area contributed by atoms with Crippen molar-refractivity contribution in [3.8, 4) is 0 Å². The Morgan fingerprint density at radius 2 is 2.10 bits per heavy atom. The van der Waals surface area contributed by atoms with E-state index in [1.807, 2.05) is 20.2 Å². The summed E-state index contributed by atoms with van der Waals surface area (Å²) >= 11 is 0. The normalized spacial score (nSPS) is 30.5. The Balaban J connectivity index is 2.08. The second-order valence-corrected chi connectivity index (χ2v) is 7.21. The van der Waals surface area contributed by atoms with E-state index in [4.69, 9.17) is 4.74 Å². The summed E-state index contributed by atoms with van der Waals surface area (Å²) < 4.78 is 5.86. The van der Waals surface area contributed by atoms with Crippen LogP contribution in [0, 0.1) is 11.3 Å². The molecule has 1 saturated heterocycles. The zero-order chi connectivity index (χ0) is 15.6. The van der Waals surface area contributed by atoms with E-state index in [2.05, 4.69) is 30.6 Å². The summed E-state index contributed by atoms with van der Waals surface area (Å²) in [7, 11) is 4.02. The molecular formula is C17H30N2O2. The van der Waals surface area contributed by atoms with Gasteiger partial charge >= 0.3 is 0 Å². The molecule has 4 nitrogen and oxygen atoms in total. The fraction of sp³-hybridized carbons (Fsp3) is 0.824. The van der Waals surface area contributed by atoms with Crippen LogP contribution in [-0.2, 0) is 9.53 Å². The van der Waals surface area contributed by atoms with Crippen molar-refractivity contribution in [1.29, 1.82) is 0 Å². The third-order valence-electron chi connectivity index (χ3n) is 4.85. The van der Waals surface area contributed by atoms with E-state index < -0.39 is 0 Å². The van der Waals surface area contributed by atoms with E-state index in [1.165, 1.54) is 0 Å². The molecule has 0 N–H and O–H groups in total. The number of fused-ring (bicyclic) bond motifs is 1. The zero-order valence-corrected chi connectivity index (χ0v) is 14.1. The summed E-state index contributed by atoms with van der Waals surface area (Å²) in [6.45, 7) is 9.10. The van der Waals surface area contributed by atoms with Crippen molar-refractivity contribution in [1.82, 2.24) is 9.80 Å². The fourth-order valence-electron chi connectivity index (χ4n) is 4.02. The lowest BCUT2D eigenvalue weighted by Crippen LogP contribution is -2.67. The lowest BCUT2D eigenvalue weighted by atomic mass is 9.56. The lowest BCUT2D eigenvalue weighted by molar-refractivity contribution is -0.168. The second-order valence-electron chi connectivity index (χ2n) is 7.21. The first-order valence-corrected chi connectivity index (χ1v) is 8.13. The van der Waals surface area contributed by atoms with Crippen LogP contribution in [0.1, 0.15) is 33.6 Å². The van der Waals surface area contributed by atoms with Gasteiger partial charge in [-0.05, 0) is 26.9 Å². The monoisotopic (exact) mass is 294 g/mol. The summed E-state index contributed by atoms with van der Waals surface area (Å²) in [4.78, 5) is 16.7. The molecule has 1 amide bonds. The van der Waals surface area contributed by atoms with Crippen LogP contribution in [0.25, 0.3) is 0 Å². The molecule has 0 aromatic carbocycles. The number of hydrogen-bond acceptors (Lipinski definition) is 3. The molecule has 1 saturated carbocycles. The van der Waals surface area contributed by atoms with E-state index in [0.29, 0.717) is 18.1 Å². The van der Waals surface area contributed by atoms with Gasteiger partial charge in [0.1, 0.15) is 0 Å². The predicted octanol–water partition coefficient (Wildman–Crippen LogP) is 2.16. The van der Waals surface area contributed by atoms with E-state index in [9.17, 15) is 4.79 Å². The minimum absolute atomic E-state index is 0.0708. The molecule has 0 radical (unpaired) electrons. The number of ether oxygens (including phenoxy) is 1. The van der Waals surface area contributed by atoms with Crippen LogP contribution in [0.4, 0.5) is 0 Å². The van der Waals surface area contributed by atoms with Crippen LogP contribution in [0.3, 0.4) is 0 Å². The molecule has 4 heteroatoms. The summed E-state index contributed by atoms with van der Waals surface area (Å²) in [5, 5.41) is 0. The average Bonchev–Trinajstić information content (AvgIpc) is 2.84. The van der Waals surface area contributed by atoms with Gasteiger partial charge in [0.05, 0.1) is 6.10 Å². The van der Waals surface area contributed by atoms with Crippen LogP contribution >= 0.6 is 0 Å². The van der Waals surface area contributed by atoms with Crippen molar-refractivity contribution >= 4 is 5.91 Å². The number of likely N-dealkylation sites (N-methyl/N-ethyl adjacent to an activating group) is 1. The molecule has 1 aliphatic heterocycles. The largest absolute Gasteiger partial charge is 0.377 e. The molecule has 2 fully saturated rings. The maximum absolute atomic E-state index is 12.6. The first-order chi connectivity index (χ1) is 9.89. The van der Waals surface area contributed by atoms with Crippen LogP contribution in [0.5, 0.6) is 0 Å². The molecule has 120 valence electrons. The quantitative estimate of drug-likeness (QED) is 0.704. The first kappa shape index (κ1) is 16.5. The van der Waals surface area contributed by atoms with Gasteiger partial charge in [0.15, 0.2) is 0 Å². The Hall–Kier alpha value is -0.870. The zero-order valence-electron chi connectivity index (χ0n) is 14.1. The Kier molecular flexibility index (Phi) is 5.10. The number of amides is 1. The maximum atomic E-state index is 12.6. The summed E-state index contributed by atoms with van der Waals surface area (Å²) in [6.07, 6.45) is 6.13. The molecular weight excluding hydrogens is 264 g/mol. The molecule has 1 aliphatic carbocycles. The SMILES string of the molecule is CCCN(C(=O)/C=C/CN(C)C)C1C2CCOC2C1(C)C. The molecule has 0 aromatic rings. The van der Waals surface area contributed by atoms with Crippen LogP contribution < -0.4 is 0 Å². The molecule has 3 atom stereocenters. The van der Waals surface area contributed by atoms with Crippen molar-refractivity contribution < 1.29 is 9.53 Å². The van der Waals surface area contributed by atoms with Gasteiger partial charge in [-0.25, -0.2) is 0 Å². The third kappa shape index (κ3) is 3.16. The Labute approximate surface area is 129 Å². The van der Waals surface area contributed by atoms with Crippen LogP contribution in [0.2, 0.25) is 0 Å². The molecule has 2 aliphatic rings. The van der Waals surface area contributed by atoms with E-state index in [0.717, 1.165) is 32.5 Å². The number of rotatable bonds is 6. The number of carbonyl (C=O) groups excluding carboxylic acids is 1. The van der Waals surface area contributed by atoms with Gasteiger partial charge in [-0.1, -0.05) is 26.8 Å². The Morgan fingerprint density at radius 3 is 2.71 bits per heavy atom. The number of hydrogen-bond donors (Lipinski definition) is 0. The average molecular weight is 294 g/mol. The lowest BCUT2D eigenvalue weighted by Gasteiger charge is -2.58. The highest BCUT2D eigenvalue weighted by molar-refractivity contribution is 5.88. The molecule has 2 rings (SSSR count). The predicted molar refractivity (Wildman–Crippen MR) is 85.1 cm³/mol. The Morgan fingerprint density at radius 1 is 1.38 bits per heavy atom. The third-order valence-corrected chi connectivity index (χ3v) is 4.85. The number of carbonyl (C=O) groups is 1. The summed E-state index contributed by atoms with van der Waals surface area (Å²) in [6, 6.07) is 0.321. The van der Waals surface area contributed by atoms with Crippen molar-refractivity contribution in [2.24, 2.45) is 11.3 Å². The standard InChI is InChI=1S/C17H30N2O2/c1-6-10-19(14(20)8-7-11-18(4)5)15-13-9-12-21-16(13)17(15,2)3/h7-8,13,15-16H,6,9-12H2,1-5H3/b8-7+. The van der Waals surface area contributed by atoms with Crippen molar-refractivity contribution in [2.75, 3.05) is 33.8 Å². The molecule has 0 aromatic heterocycles. The maximum Gasteiger partial charge on any atom is 0.246 e. The second kappa shape index (κ2) is 6.49. The highest BCUT2D eigenvalue weighted by Crippen LogP contribution is 2.54. The molecule has 0 spiro atoms. The minimum atomic E-state index is 0.0708. The van der Waals surface area contributed by atoms with Gasteiger partial charge in [0, 0.05) is 43.1 Å². The van der Waals surface area contributed by atoms with Gasteiger partial charge in [-0.15, -0.1) is 0 Å². The molecule has 0 bridgehead atoms. The molecule has 3 unspecified atom stereocenters. The smallest absolute Gasteiger partial charge is 0.246 e. The first-order valence-electron chi connectivity index (χ1n) is 8.13. The fourth-order valence-corrected chi connectivity index (χ4v) is 4.02. The van der Waals surface area contributed by atoms with Gasteiger partial charge in [0.25, 0.3) is 0 Å². The van der Waals surface area contributed by atoms with Gasteiger partial charge in [-0.3, -0.25) is 4.79 Å². The summed E-state index contributed by atoms with van der Waals surface area (Å²) in [5.74, 6) is 0.680. The molecule has 21 heavy (non-hydrogen) atoms. The van der Waals surface area contributed by atoms with E-state index >= 15 is 0 Å².